The third-order valence-electron chi connectivity index (χ3n) is 3.94. The standard InChI is InChI=1S/C18H12ClF3N4O3/c1-10-8-16(18(20,21)22)24-25(10)14-7-6-13(9-15(14)26(28)29)23-17(27)11-2-4-12(19)5-3-11/h2-9H,1H3,(H,23,27). The van der Waals surface area contributed by atoms with Gasteiger partial charge < -0.3 is 5.32 Å². The number of aromatic nitrogens is 2. The van der Waals surface area contributed by atoms with Crippen LogP contribution in [0.2, 0.25) is 5.02 Å². The van der Waals surface area contributed by atoms with Crippen LogP contribution in [0.3, 0.4) is 0 Å². The van der Waals surface area contributed by atoms with Gasteiger partial charge in [-0.25, -0.2) is 4.68 Å². The first kappa shape index (κ1) is 20.3. The van der Waals surface area contributed by atoms with Crippen LogP contribution in [0, 0.1) is 17.0 Å². The molecule has 1 heterocycles. The van der Waals surface area contributed by atoms with Crippen LogP contribution < -0.4 is 5.32 Å². The maximum absolute atomic E-state index is 12.9. The average Bonchev–Trinajstić information content (AvgIpc) is 3.04. The van der Waals surface area contributed by atoms with Crippen LogP contribution >= 0.6 is 11.6 Å². The highest BCUT2D eigenvalue weighted by Crippen LogP contribution is 2.32. The van der Waals surface area contributed by atoms with Gasteiger partial charge in [-0.2, -0.15) is 18.3 Å². The van der Waals surface area contributed by atoms with Crippen LogP contribution in [0.25, 0.3) is 5.69 Å². The minimum absolute atomic E-state index is 0.0679. The number of halogens is 4. The first-order chi connectivity index (χ1) is 13.6. The van der Waals surface area contributed by atoms with Gasteiger partial charge in [-0.05, 0) is 49.4 Å². The molecule has 0 aliphatic heterocycles. The minimum Gasteiger partial charge on any atom is -0.322 e. The van der Waals surface area contributed by atoms with E-state index in [9.17, 15) is 28.1 Å². The molecule has 0 bridgehead atoms. The highest BCUT2D eigenvalue weighted by molar-refractivity contribution is 6.30. The fourth-order valence-corrected chi connectivity index (χ4v) is 2.71. The second-order valence-electron chi connectivity index (χ2n) is 6.00. The molecule has 7 nitrogen and oxygen atoms in total. The number of nitro benzene ring substituents is 1. The Morgan fingerprint density at radius 3 is 2.38 bits per heavy atom. The topological polar surface area (TPSA) is 90.1 Å². The van der Waals surface area contributed by atoms with Crippen molar-refractivity contribution in [3.63, 3.8) is 0 Å². The molecule has 0 unspecified atom stereocenters. The summed E-state index contributed by atoms with van der Waals surface area (Å²) in [7, 11) is 0. The molecule has 11 heteroatoms. The van der Waals surface area contributed by atoms with Crippen LogP contribution in [0.5, 0.6) is 0 Å². The van der Waals surface area contributed by atoms with Gasteiger partial charge in [0, 0.05) is 28.0 Å². The largest absolute Gasteiger partial charge is 0.435 e. The summed E-state index contributed by atoms with van der Waals surface area (Å²) < 4.78 is 39.5. The molecule has 0 fully saturated rings. The number of hydrogen-bond acceptors (Lipinski definition) is 4. The van der Waals surface area contributed by atoms with Crippen molar-refractivity contribution in [2.24, 2.45) is 0 Å². The van der Waals surface area contributed by atoms with Gasteiger partial charge in [-0.15, -0.1) is 0 Å². The normalized spacial score (nSPS) is 11.3. The van der Waals surface area contributed by atoms with Gasteiger partial charge in [0.15, 0.2) is 5.69 Å². The molecule has 0 atom stereocenters. The Labute approximate surface area is 166 Å². The summed E-state index contributed by atoms with van der Waals surface area (Å²) in [5.74, 6) is -0.529. The number of carbonyl (C=O) groups excluding carboxylic acids is 1. The van der Waals surface area contributed by atoms with Crippen molar-refractivity contribution >= 4 is 28.9 Å². The van der Waals surface area contributed by atoms with Crippen molar-refractivity contribution in [1.29, 1.82) is 0 Å². The summed E-state index contributed by atoms with van der Waals surface area (Å²) in [5, 5.41) is 17.8. The molecule has 0 radical (unpaired) electrons. The second-order valence-corrected chi connectivity index (χ2v) is 6.44. The summed E-state index contributed by atoms with van der Waals surface area (Å²) >= 11 is 5.77. The molecule has 3 rings (SSSR count). The van der Waals surface area contributed by atoms with Crippen molar-refractivity contribution in [1.82, 2.24) is 9.78 Å². The van der Waals surface area contributed by atoms with E-state index >= 15 is 0 Å². The zero-order chi connectivity index (χ0) is 21.3. The molecule has 3 aromatic rings. The van der Waals surface area contributed by atoms with Crippen molar-refractivity contribution in [3.8, 4) is 5.69 Å². The predicted molar refractivity (Wildman–Crippen MR) is 99.4 cm³/mol. The number of nitrogens with one attached hydrogen (secondary N) is 1. The van der Waals surface area contributed by atoms with E-state index in [0.29, 0.717) is 5.02 Å². The van der Waals surface area contributed by atoms with Crippen LogP contribution in [0.1, 0.15) is 21.7 Å². The van der Waals surface area contributed by atoms with Crippen molar-refractivity contribution in [2.75, 3.05) is 5.32 Å². The summed E-state index contributed by atoms with van der Waals surface area (Å²) in [4.78, 5) is 23.0. The minimum atomic E-state index is -4.68. The van der Waals surface area contributed by atoms with E-state index in [1.165, 1.54) is 43.3 Å². The fourth-order valence-electron chi connectivity index (χ4n) is 2.59. The van der Waals surface area contributed by atoms with E-state index in [1.807, 2.05) is 0 Å². The summed E-state index contributed by atoms with van der Waals surface area (Å²) in [6.07, 6.45) is -4.68. The van der Waals surface area contributed by atoms with E-state index in [4.69, 9.17) is 11.6 Å². The molecule has 0 aliphatic carbocycles. The van der Waals surface area contributed by atoms with Gasteiger partial charge >= 0.3 is 6.18 Å². The molecular formula is C18H12ClF3N4O3. The summed E-state index contributed by atoms with van der Waals surface area (Å²) in [5.41, 5.74) is -1.39. The monoisotopic (exact) mass is 424 g/mol. The third kappa shape index (κ3) is 4.37. The summed E-state index contributed by atoms with van der Waals surface area (Å²) in [6.45, 7) is 1.35. The van der Waals surface area contributed by atoms with Crippen molar-refractivity contribution < 1.29 is 22.9 Å². The van der Waals surface area contributed by atoms with Crippen LogP contribution in [-0.2, 0) is 6.18 Å². The van der Waals surface area contributed by atoms with E-state index in [1.54, 1.807) is 0 Å². The number of amides is 1. The Morgan fingerprint density at radius 1 is 1.17 bits per heavy atom. The average molecular weight is 425 g/mol. The van der Waals surface area contributed by atoms with E-state index < -0.39 is 28.4 Å². The van der Waals surface area contributed by atoms with Crippen LogP contribution in [-0.4, -0.2) is 20.6 Å². The maximum Gasteiger partial charge on any atom is 0.435 e. The quantitative estimate of drug-likeness (QED) is 0.470. The van der Waals surface area contributed by atoms with Crippen molar-refractivity contribution in [3.05, 3.63) is 80.6 Å². The Balaban J connectivity index is 1.96. The number of hydrogen-bond donors (Lipinski definition) is 1. The number of anilines is 1. The van der Waals surface area contributed by atoms with E-state index in [0.717, 1.165) is 16.8 Å². The zero-order valence-corrected chi connectivity index (χ0v) is 15.5. The third-order valence-corrected chi connectivity index (χ3v) is 4.19. The number of rotatable bonds is 4. The molecule has 1 aromatic heterocycles. The Bertz CT molecular complexity index is 1090. The fraction of sp³-hybridized carbons (Fsp3) is 0.111. The Morgan fingerprint density at radius 2 is 1.83 bits per heavy atom. The van der Waals surface area contributed by atoms with Gasteiger partial charge in [-0.3, -0.25) is 14.9 Å². The summed E-state index contributed by atoms with van der Waals surface area (Å²) in [6, 6.07) is 10.4. The molecule has 1 N–H and O–H groups in total. The highest BCUT2D eigenvalue weighted by Gasteiger charge is 2.35. The molecule has 29 heavy (non-hydrogen) atoms. The zero-order valence-electron chi connectivity index (χ0n) is 14.7. The molecule has 150 valence electrons. The van der Waals surface area contributed by atoms with Gasteiger partial charge in [0.2, 0.25) is 0 Å². The van der Waals surface area contributed by atoms with Crippen LogP contribution in [0.4, 0.5) is 24.5 Å². The number of carbonyl (C=O) groups is 1. The second kappa shape index (κ2) is 7.55. The molecule has 0 saturated heterocycles. The molecular weight excluding hydrogens is 413 g/mol. The number of nitrogens with zero attached hydrogens (tertiary/aromatic N) is 3. The lowest BCUT2D eigenvalue weighted by molar-refractivity contribution is -0.384. The number of nitro groups is 1. The highest BCUT2D eigenvalue weighted by atomic mass is 35.5. The first-order valence-corrected chi connectivity index (χ1v) is 8.43. The molecule has 2 aromatic carbocycles. The smallest absolute Gasteiger partial charge is 0.322 e. The molecule has 0 aliphatic rings. The number of benzene rings is 2. The first-order valence-electron chi connectivity index (χ1n) is 8.06. The lowest BCUT2D eigenvalue weighted by atomic mass is 10.2. The van der Waals surface area contributed by atoms with Crippen LogP contribution in [0.15, 0.2) is 48.5 Å². The molecule has 0 spiro atoms. The Kier molecular flexibility index (Phi) is 5.29. The SMILES string of the molecule is Cc1cc(C(F)(F)F)nn1-c1ccc(NC(=O)c2ccc(Cl)cc2)cc1[N+](=O)[O-]. The predicted octanol–water partition coefficient (Wildman–Crippen LogP) is 5.01. The molecule has 1 amide bonds. The Hall–Kier alpha value is -3.40. The molecule has 0 saturated carbocycles. The van der Waals surface area contributed by atoms with Gasteiger partial charge in [0.05, 0.1) is 4.92 Å². The van der Waals surface area contributed by atoms with Crippen molar-refractivity contribution in [2.45, 2.75) is 13.1 Å². The van der Waals surface area contributed by atoms with Gasteiger partial charge in [-0.1, -0.05) is 11.6 Å². The maximum atomic E-state index is 12.9. The van der Waals surface area contributed by atoms with E-state index in [2.05, 4.69) is 10.4 Å². The van der Waals surface area contributed by atoms with Gasteiger partial charge in [0.1, 0.15) is 5.69 Å². The number of alkyl halides is 3. The number of aryl methyl sites for hydroxylation is 1. The van der Waals surface area contributed by atoms with Gasteiger partial charge in [0.25, 0.3) is 11.6 Å². The lowest BCUT2D eigenvalue weighted by Gasteiger charge is -2.09. The van der Waals surface area contributed by atoms with E-state index in [-0.39, 0.29) is 22.6 Å². The lowest BCUT2D eigenvalue weighted by Crippen LogP contribution is -2.13.